The van der Waals surface area contributed by atoms with Gasteiger partial charge in [-0.05, 0) is 60.9 Å². The summed E-state index contributed by atoms with van der Waals surface area (Å²) in [6, 6.07) is 18.9. The van der Waals surface area contributed by atoms with Crippen LogP contribution in [0.2, 0.25) is 0 Å². The summed E-state index contributed by atoms with van der Waals surface area (Å²) in [6.07, 6.45) is 3.43. The molecule has 0 spiro atoms. The van der Waals surface area contributed by atoms with Crippen molar-refractivity contribution in [2.45, 2.75) is 12.8 Å². The number of rotatable bonds is 3. The van der Waals surface area contributed by atoms with Crippen LogP contribution in [0.15, 0.2) is 72.9 Å². The van der Waals surface area contributed by atoms with Crippen LogP contribution in [0.4, 0.5) is 15.8 Å². The number of nitrogens with zero attached hydrogens (tertiary/aromatic N) is 2. The van der Waals surface area contributed by atoms with E-state index in [-0.39, 0.29) is 17.6 Å². The fourth-order valence-corrected chi connectivity index (χ4v) is 4.41. The smallest absolute Gasteiger partial charge is 0.260 e. The van der Waals surface area contributed by atoms with E-state index in [1.165, 1.54) is 24.3 Å². The summed E-state index contributed by atoms with van der Waals surface area (Å²) in [6.45, 7) is 0.615. The van der Waals surface area contributed by atoms with Gasteiger partial charge in [0, 0.05) is 47.6 Å². The number of anilines is 2. The number of amides is 2. The van der Waals surface area contributed by atoms with Crippen molar-refractivity contribution < 1.29 is 14.0 Å². The molecule has 0 aliphatic carbocycles. The maximum absolute atomic E-state index is 13.6. The van der Waals surface area contributed by atoms with Crippen molar-refractivity contribution in [3.05, 3.63) is 95.4 Å². The second-order valence-electron chi connectivity index (χ2n) is 8.00. The van der Waals surface area contributed by atoms with Crippen LogP contribution >= 0.6 is 0 Å². The Morgan fingerprint density at radius 3 is 2.56 bits per heavy atom. The van der Waals surface area contributed by atoms with E-state index in [0.29, 0.717) is 23.4 Å². The highest BCUT2D eigenvalue weighted by molar-refractivity contribution is 6.15. The normalized spacial score (nSPS) is 13.1. The van der Waals surface area contributed by atoms with Crippen molar-refractivity contribution in [3.63, 3.8) is 0 Å². The summed E-state index contributed by atoms with van der Waals surface area (Å²) >= 11 is 0. The zero-order valence-electron chi connectivity index (χ0n) is 17.6. The number of carbonyl (C=O) groups excluding carboxylic acids is 2. The lowest BCUT2D eigenvalue weighted by Gasteiger charge is -2.31. The molecule has 32 heavy (non-hydrogen) atoms. The minimum absolute atomic E-state index is 0.0511. The first-order chi connectivity index (χ1) is 15.5. The lowest BCUT2D eigenvalue weighted by Crippen LogP contribution is -2.35. The topological polar surface area (TPSA) is 54.3 Å². The average Bonchev–Trinajstić information content (AvgIpc) is 3.15. The number of nitrogens with one attached hydrogen (secondary N) is 1. The number of hydrogen-bond acceptors (Lipinski definition) is 2. The standard InChI is InChI=1S/C26H22FN3O2/c1-29-16-21(19-6-2-3-9-23(19)29)26(32)30-15-5-7-20-22(8-4-10-24(20)30)28-25(31)17-11-13-18(27)14-12-17/h2-4,6,8-14,16H,5,7,15H2,1H3,(H,28,31). The van der Waals surface area contributed by atoms with Crippen LogP contribution in [0, 0.1) is 5.82 Å². The van der Waals surface area contributed by atoms with Crippen molar-refractivity contribution in [2.75, 3.05) is 16.8 Å². The van der Waals surface area contributed by atoms with Crippen molar-refractivity contribution in [2.24, 2.45) is 7.05 Å². The van der Waals surface area contributed by atoms with Gasteiger partial charge in [0.05, 0.1) is 5.56 Å². The molecule has 0 bridgehead atoms. The molecule has 2 heterocycles. The zero-order chi connectivity index (χ0) is 22.2. The molecule has 1 aliphatic heterocycles. The van der Waals surface area contributed by atoms with Crippen LogP contribution in [0.3, 0.4) is 0 Å². The second kappa shape index (κ2) is 7.96. The van der Waals surface area contributed by atoms with Crippen LogP contribution < -0.4 is 10.2 Å². The Labute approximate surface area is 185 Å². The number of fused-ring (bicyclic) bond motifs is 2. The third-order valence-corrected chi connectivity index (χ3v) is 5.98. The maximum Gasteiger partial charge on any atom is 0.260 e. The number of aromatic nitrogens is 1. The van der Waals surface area contributed by atoms with Crippen molar-refractivity contribution in [1.82, 2.24) is 4.57 Å². The van der Waals surface area contributed by atoms with Gasteiger partial charge in [0.25, 0.3) is 11.8 Å². The first kappa shape index (κ1) is 20.0. The fourth-order valence-electron chi connectivity index (χ4n) is 4.41. The summed E-state index contributed by atoms with van der Waals surface area (Å²) in [5, 5.41) is 3.86. The van der Waals surface area contributed by atoms with E-state index >= 15 is 0 Å². The molecule has 6 heteroatoms. The summed E-state index contributed by atoms with van der Waals surface area (Å²) in [5.41, 5.74) is 4.47. The Kier molecular flexibility index (Phi) is 4.98. The Hall–Kier alpha value is -3.93. The predicted molar refractivity (Wildman–Crippen MR) is 124 cm³/mol. The molecule has 1 aromatic heterocycles. The Morgan fingerprint density at radius 1 is 0.969 bits per heavy atom. The van der Waals surface area contributed by atoms with Crippen LogP contribution in [-0.2, 0) is 13.5 Å². The van der Waals surface area contributed by atoms with Crippen LogP contribution in [0.1, 0.15) is 32.7 Å². The van der Waals surface area contributed by atoms with Crippen molar-refractivity contribution >= 4 is 34.1 Å². The zero-order valence-corrected chi connectivity index (χ0v) is 17.6. The molecule has 3 aromatic carbocycles. The fraction of sp³-hybridized carbons (Fsp3) is 0.154. The van der Waals surface area contributed by atoms with E-state index in [4.69, 9.17) is 0 Å². The average molecular weight is 427 g/mol. The minimum Gasteiger partial charge on any atom is -0.350 e. The van der Waals surface area contributed by atoms with Gasteiger partial charge in [0.1, 0.15) is 5.82 Å². The molecular formula is C26H22FN3O2. The number of carbonyl (C=O) groups is 2. The van der Waals surface area contributed by atoms with Gasteiger partial charge >= 0.3 is 0 Å². The number of hydrogen-bond donors (Lipinski definition) is 1. The van der Waals surface area contributed by atoms with E-state index in [1.807, 2.05) is 60.3 Å². The molecular weight excluding hydrogens is 405 g/mol. The quantitative estimate of drug-likeness (QED) is 0.491. The molecule has 0 radical (unpaired) electrons. The lowest BCUT2D eigenvalue weighted by molar-refractivity contribution is 0.0985. The second-order valence-corrected chi connectivity index (χ2v) is 8.00. The largest absolute Gasteiger partial charge is 0.350 e. The Bertz CT molecular complexity index is 1340. The molecule has 1 N–H and O–H groups in total. The summed E-state index contributed by atoms with van der Waals surface area (Å²) in [5.74, 6) is -0.748. The summed E-state index contributed by atoms with van der Waals surface area (Å²) < 4.78 is 15.2. The van der Waals surface area contributed by atoms with Gasteiger partial charge in [-0.25, -0.2) is 4.39 Å². The Morgan fingerprint density at radius 2 is 1.75 bits per heavy atom. The van der Waals surface area contributed by atoms with E-state index in [9.17, 15) is 14.0 Å². The summed E-state index contributed by atoms with van der Waals surface area (Å²) in [4.78, 5) is 28.0. The number of halogens is 1. The van der Waals surface area contributed by atoms with Gasteiger partial charge < -0.3 is 14.8 Å². The SMILES string of the molecule is Cn1cc(C(=O)N2CCCc3c(NC(=O)c4ccc(F)cc4)cccc32)c2ccccc21. The highest BCUT2D eigenvalue weighted by Crippen LogP contribution is 2.35. The molecule has 0 atom stereocenters. The third kappa shape index (κ3) is 3.43. The lowest BCUT2D eigenvalue weighted by atomic mass is 9.98. The first-order valence-corrected chi connectivity index (χ1v) is 10.6. The van der Waals surface area contributed by atoms with E-state index < -0.39 is 0 Å². The van der Waals surface area contributed by atoms with E-state index in [0.717, 1.165) is 35.0 Å². The van der Waals surface area contributed by atoms with Gasteiger partial charge in [-0.1, -0.05) is 24.3 Å². The van der Waals surface area contributed by atoms with Crippen LogP contribution in [0.5, 0.6) is 0 Å². The molecule has 0 fully saturated rings. The van der Waals surface area contributed by atoms with Gasteiger partial charge in [-0.15, -0.1) is 0 Å². The Balaban J connectivity index is 1.48. The molecule has 0 saturated carbocycles. The highest BCUT2D eigenvalue weighted by Gasteiger charge is 2.27. The van der Waals surface area contributed by atoms with Gasteiger partial charge in [0.2, 0.25) is 0 Å². The monoisotopic (exact) mass is 427 g/mol. The first-order valence-electron chi connectivity index (χ1n) is 10.6. The minimum atomic E-state index is -0.388. The molecule has 5 rings (SSSR count). The van der Waals surface area contributed by atoms with E-state index in [2.05, 4.69) is 5.32 Å². The molecule has 160 valence electrons. The number of para-hydroxylation sites is 1. The molecule has 1 aliphatic rings. The van der Waals surface area contributed by atoms with E-state index in [1.54, 1.807) is 4.90 Å². The molecule has 4 aromatic rings. The van der Waals surface area contributed by atoms with Crippen molar-refractivity contribution in [1.29, 1.82) is 0 Å². The van der Waals surface area contributed by atoms with Crippen molar-refractivity contribution in [3.8, 4) is 0 Å². The van der Waals surface area contributed by atoms with Gasteiger partial charge in [0.15, 0.2) is 0 Å². The predicted octanol–water partition coefficient (Wildman–Crippen LogP) is 5.16. The number of benzene rings is 3. The van der Waals surface area contributed by atoms with Gasteiger partial charge in [-0.3, -0.25) is 9.59 Å². The molecule has 2 amide bonds. The highest BCUT2D eigenvalue weighted by atomic mass is 19.1. The molecule has 0 unspecified atom stereocenters. The van der Waals surface area contributed by atoms with Crippen LogP contribution in [0.25, 0.3) is 10.9 Å². The van der Waals surface area contributed by atoms with Crippen LogP contribution in [-0.4, -0.2) is 22.9 Å². The maximum atomic E-state index is 13.6. The third-order valence-electron chi connectivity index (χ3n) is 5.98. The molecule has 0 saturated heterocycles. The molecule has 5 nitrogen and oxygen atoms in total. The van der Waals surface area contributed by atoms with Gasteiger partial charge in [-0.2, -0.15) is 0 Å². The summed E-state index contributed by atoms with van der Waals surface area (Å²) in [7, 11) is 1.94. The number of aryl methyl sites for hydroxylation is 1.